The summed E-state index contributed by atoms with van der Waals surface area (Å²) in [5.74, 6) is 0. The van der Waals surface area contributed by atoms with E-state index in [1.165, 1.54) is 0 Å². The van der Waals surface area contributed by atoms with Crippen LogP contribution in [0.15, 0.2) is 6.33 Å². The minimum absolute atomic E-state index is 0.468. The standard InChI is InChI=1S/C9H18N4O/c1-3-10-6-4-5-7-14-9-11-8-13(2)12-9/h8,10H,3-7H2,1-2H3. The van der Waals surface area contributed by atoms with E-state index in [0.717, 1.165) is 25.9 Å². The lowest BCUT2D eigenvalue weighted by Gasteiger charge is -2.02. The van der Waals surface area contributed by atoms with Gasteiger partial charge in [0.05, 0.1) is 6.61 Å². The first-order valence-electron chi connectivity index (χ1n) is 5.02. The van der Waals surface area contributed by atoms with Crippen LogP contribution in [0.4, 0.5) is 0 Å². The largest absolute Gasteiger partial charge is 0.462 e. The Hall–Kier alpha value is -1.10. The molecular weight excluding hydrogens is 180 g/mol. The molecule has 5 heteroatoms. The number of nitrogens with one attached hydrogen (secondary N) is 1. The average molecular weight is 198 g/mol. The molecule has 0 aliphatic heterocycles. The molecule has 5 nitrogen and oxygen atoms in total. The van der Waals surface area contributed by atoms with Gasteiger partial charge < -0.3 is 10.1 Å². The highest BCUT2D eigenvalue weighted by Gasteiger charge is 1.97. The second kappa shape index (κ2) is 6.37. The predicted octanol–water partition coefficient (Wildman–Crippen LogP) is 0.584. The maximum absolute atomic E-state index is 5.34. The Morgan fingerprint density at radius 1 is 1.50 bits per heavy atom. The van der Waals surface area contributed by atoms with Crippen LogP contribution in [0.1, 0.15) is 19.8 Å². The molecule has 0 aliphatic carbocycles. The zero-order valence-corrected chi connectivity index (χ0v) is 8.86. The van der Waals surface area contributed by atoms with Crippen LogP contribution in [0.3, 0.4) is 0 Å². The second-order valence-electron chi connectivity index (χ2n) is 3.11. The fraction of sp³-hybridized carbons (Fsp3) is 0.778. The molecule has 0 atom stereocenters. The molecule has 1 aromatic rings. The molecule has 0 unspecified atom stereocenters. The van der Waals surface area contributed by atoms with Gasteiger partial charge in [-0.2, -0.15) is 4.98 Å². The maximum Gasteiger partial charge on any atom is 0.335 e. The second-order valence-corrected chi connectivity index (χ2v) is 3.11. The van der Waals surface area contributed by atoms with Gasteiger partial charge in [-0.15, -0.1) is 5.10 Å². The van der Waals surface area contributed by atoms with Gasteiger partial charge in [-0.05, 0) is 25.9 Å². The van der Waals surface area contributed by atoms with Crippen LogP contribution >= 0.6 is 0 Å². The molecule has 0 spiro atoms. The van der Waals surface area contributed by atoms with E-state index in [9.17, 15) is 0 Å². The van der Waals surface area contributed by atoms with Crippen LogP contribution in [-0.2, 0) is 7.05 Å². The van der Waals surface area contributed by atoms with Crippen LogP contribution in [0.5, 0.6) is 6.01 Å². The van der Waals surface area contributed by atoms with Crippen molar-refractivity contribution in [1.82, 2.24) is 20.1 Å². The third kappa shape index (κ3) is 4.23. The van der Waals surface area contributed by atoms with Crippen molar-refractivity contribution < 1.29 is 4.74 Å². The van der Waals surface area contributed by atoms with E-state index in [0.29, 0.717) is 12.6 Å². The summed E-state index contributed by atoms with van der Waals surface area (Å²) >= 11 is 0. The molecule has 1 aromatic heterocycles. The summed E-state index contributed by atoms with van der Waals surface area (Å²) in [6, 6.07) is 0.468. The normalized spacial score (nSPS) is 10.4. The highest BCUT2D eigenvalue weighted by molar-refractivity contribution is 4.86. The minimum atomic E-state index is 0.468. The molecule has 0 fully saturated rings. The summed E-state index contributed by atoms with van der Waals surface area (Å²) in [6.45, 7) is 4.88. The summed E-state index contributed by atoms with van der Waals surface area (Å²) in [5, 5.41) is 7.27. The molecule has 1 N–H and O–H groups in total. The van der Waals surface area contributed by atoms with Crippen LogP contribution in [0.25, 0.3) is 0 Å². The summed E-state index contributed by atoms with van der Waals surface area (Å²) in [7, 11) is 1.82. The lowest BCUT2D eigenvalue weighted by atomic mass is 10.3. The van der Waals surface area contributed by atoms with Crippen LogP contribution in [0.2, 0.25) is 0 Å². The van der Waals surface area contributed by atoms with E-state index < -0.39 is 0 Å². The number of aryl methyl sites for hydroxylation is 1. The van der Waals surface area contributed by atoms with Crippen molar-refractivity contribution in [3.8, 4) is 6.01 Å². The molecule has 1 rings (SSSR count). The van der Waals surface area contributed by atoms with Gasteiger partial charge in [0.15, 0.2) is 0 Å². The zero-order valence-electron chi connectivity index (χ0n) is 8.86. The molecule has 0 amide bonds. The zero-order chi connectivity index (χ0) is 10.2. The lowest BCUT2D eigenvalue weighted by Crippen LogP contribution is -2.14. The summed E-state index contributed by atoms with van der Waals surface area (Å²) in [5.41, 5.74) is 0. The number of ether oxygens (including phenoxy) is 1. The minimum Gasteiger partial charge on any atom is -0.462 e. The van der Waals surface area contributed by atoms with Gasteiger partial charge in [0.25, 0.3) is 0 Å². The summed E-state index contributed by atoms with van der Waals surface area (Å²) in [6.07, 6.45) is 3.79. The van der Waals surface area contributed by atoms with E-state index in [-0.39, 0.29) is 0 Å². The molecule has 14 heavy (non-hydrogen) atoms. The van der Waals surface area contributed by atoms with E-state index in [1.807, 2.05) is 7.05 Å². The Kier molecular flexibility index (Phi) is 4.99. The van der Waals surface area contributed by atoms with Crippen LogP contribution in [0, 0.1) is 0 Å². The Labute approximate surface area is 84.5 Å². The molecular formula is C9H18N4O. The van der Waals surface area contributed by atoms with Crippen molar-refractivity contribution in [3.05, 3.63) is 6.33 Å². The molecule has 1 heterocycles. The van der Waals surface area contributed by atoms with Gasteiger partial charge >= 0.3 is 6.01 Å². The fourth-order valence-corrected chi connectivity index (χ4v) is 1.08. The van der Waals surface area contributed by atoms with Gasteiger partial charge in [-0.1, -0.05) is 6.92 Å². The highest BCUT2D eigenvalue weighted by Crippen LogP contribution is 1.99. The van der Waals surface area contributed by atoms with Crippen molar-refractivity contribution in [2.45, 2.75) is 19.8 Å². The SMILES string of the molecule is CCNCCCCOc1ncn(C)n1. The van der Waals surface area contributed by atoms with Crippen LogP contribution < -0.4 is 10.1 Å². The Morgan fingerprint density at radius 3 is 3.00 bits per heavy atom. The third-order valence-corrected chi connectivity index (χ3v) is 1.81. The number of rotatable bonds is 7. The molecule has 0 saturated carbocycles. The van der Waals surface area contributed by atoms with Crippen LogP contribution in [-0.4, -0.2) is 34.5 Å². The smallest absolute Gasteiger partial charge is 0.335 e. The Bertz CT molecular complexity index is 249. The Balaban J connectivity index is 1.99. The van der Waals surface area contributed by atoms with Gasteiger partial charge in [0, 0.05) is 7.05 Å². The lowest BCUT2D eigenvalue weighted by molar-refractivity contribution is 0.282. The van der Waals surface area contributed by atoms with Crippen molar-refractivity contribution in [1.29, 1.82) is 0 Å². The quantitative estimate of drug-likeness (QED) is 0.651. The van der Waals surface area contributed by atoms with Crippen molar-refractivity contribution >= 4 is 0 Å². The maximum atomic E-state index is 5.34. The number of unbranched alkanes of at least 4 members (excludes halogenated alkanes) is 1. The van der Waals surface area contributed by atoms with Gasteiger partial charge in [-0.25, -0.2) is 0 Å². The molecule has 80 valence electrons. The first-order valence-corrected chi connectivity index (χ1v) is 5.02. The van der Waals surface area contributed by atoms with E-state index in [1.54, 1.807) is 11.0 Å². The van der Waals surface area contributed by atoms with Gasteiger partial charge in [0.2, 0.25) is 0 Å². The van der Waals surface area contributed by atoms with Gasteiger partial charge in [-0.3, -0.25) is 4.68 Å². The molecule has 0 aromatic carbocycles. The van der Waals surface area contributed by atoms with Crippen molar-refractivity contribution in [2.24, 2.45) is 7.05 Å². The Morgan fingerprint density at radius 2 is 2.36 bits per heavy atom. The number of hydrogen-bond donors (Lipinski definition) is 1. The van der Waals surface area contributed by atoms with Crippen molar-refractivity contribution in [2.75, 3.05) is 19.7 Å². The van der Waals surface area contributed by atoms with E-state index in [4.69, 9.17) is 4.74 Å². The number of nitrogens with zero attached hydrogens (tertiary/aromatic N) is 3. The molecule has 0 aliphatic rings. The fourth-order valence-electron chi connectivity index (χ4n) is 1.08. The third-order valence-electron chi connectivity index (χ3n) is 1.81. The van der Waals surface area contributed by atoms with E-state index >= 15 is 0 Å². The average Bonchev–Trinajstić information content (AvgIpc) is 2.58. The summed E-state index contributed by atoms with van der Waals surface area (Å²) in [4.78, 5) is 3.96. The van der Waals surface area contributed by atoms with Crippen molar-refractivity contribution in [3.63, 3.8) is 0 Å². The first kappa shape index (κ1) is 11.0. The molecule has 0 bridgehead atoms. The van der Waals surface area contributed by atoms with Gasteiger partial charge in [0.1, 0.15) is 6.33 Å². The predicted molar refractivity (Wildman–Crippen MR) is 54.3 cm³/mol. The first-order chi connectivity index (χ1) is 6.83. The number of hydrogen-bond acceptors (Lipinski definition) is 4. The summed E-state index contributed by atoms with van der Waals surface area (Å²) < 4.78 is 6.97. The molecule has 0 radical (unpaired) electrons. The van der Waals surface area contributed by atoms with E-state index in [2.05, 4.69) is 22.3 Å². The topological polar surface area (TPSA) is 52.0 Å². The molecule has 0 saturated heterocycles. The highest BCUT2D eigenvalue weighted by atomic mass is 16.5. The number of aromatic nitrogens is 3. The monoisotopic (exact) mass is 198 g/mol.